The van der Waals surface area contributed by atoms with Gasteiger partial charge >= 0.3 is 0 Å². The largest absolute Gasteiger partial charge is 0.493 e. The molecule has 0 radical (unpaired) electrons. The number of aliphatic hydroxyl groups excluding tert-OH is 1. The number of rotatable bonds is 7. The van der Waals surface area contributed by atoms with E-state index in [1.165, 1.54) is 5.56 Å². The molecule has 1 aliphatic heterocycles. The van der Waals surface area contributed by atoms with Crippen LogP contribution < -0.4 is 10.1 Å². The van der Waals surface area contributed by atoms with Crippen molar-refractivity contribution >= 4 is 0 Å². The van der Waals surface area contributed by atoms with Crippen LogP contribution in [0.5, 0.6) is 5.75 Å². The van der Waals surface area contributed by atoms with Crippen LogP contribution in [0.4, 0.5) is 0 Å². The molecule has 1 saturated heterocycles. The van der Waals surface area contributed by atoms with E-state index in [0.29, 0.717) is 5.92 Å². The third kappa shape index (κ3) is 4.69. The number of piperazine rings is 1. The molecule has 0 aliphatic carbocycles. The molecule has 2 rings (SSSR count). The summed E-state index contributed by atoms with van der Waals surface area (Å²) in [5.41, 5.74) is 2.17. The minimum absolute atomic E-state index is 0.125. The predicted molar refractivity (Wildman–Crippen MR) is 95.2 cm³/mol. The van der Waals surface area contributed by atoms with Gasteiger partial charge in [0.05, 0.1) is 12.7 Å². The molecule has 1 heterocycles. The first-order chi connectivity index (χ1) is 11.0. The minimum atomic E-state index is -0.467. The molecule has 2 atom stereocenters. The Bertz CT molecular complexity index is 484. The number of hydrogen-bond donors (Lipinski definition) is 2. The predicted octanol–water partition coefficient (Wildman–Crippen LogP) is 2.93. The van der Waals surface area contributed by atoms with Gasteiger partial charge in [0.25, 0.3) is 0 Å². The van der Waals surface area contributed by atoms with Crippen molar-refractivity contribution in [3.63, 3.8) is 0 Å². The Morgan fingerprint density at radius 1 is 1.22 bits per heavy atom. The minimum Gasteiger partial charge on any atom is -0.493 e. The van der Waals surface area contributed by atoms with E-state index < -0.39 is 6.10 Å². The SMILES string of the molecule is CCCOc1ccc(C(O)C(C)N2CCNCC2)cc1C(C)C. The first-order valence-electron chi connectivity index (χ1n) is 8.94. The van der Waals surface area contributed by atoms with Gasteiger partial charge in [0.1, 0.15) is 5.75 Å². The van der Waals surface area contributed by atoms with E-state index in [0.717, 1.165) is 50.5 Å². The van der Waals surface area contributed by atoms with Crippen LogP contribution in [0.2, 0.25) is 0 Å². The monoisotopic (exact) mass is 320 g/mol. The Morgan fingerprint density at radius 2 is 1.91 bits per heavy atom. The zero-order valence-corrected chi connectivity index (χ0v) is 15.0. The summed E-state index contributed by atoms with van der Waals surface area (Å²) in [7, 11) is 0. The van der Waals surface area contributed by atoms with Crippen LogP contribution in [0.3, 0.4) is 0 Å². The zero-order valence-electron chi connectivity index (χ0n) is 15.0. The fraction of sp³-hybridized carbons (Fsp3) is 0.684. The second-order valence-corrected chi connectivity index (χ2v) is 6.77. The quantitative estimate of drug-likeness (QED) is 0.811. The molecule has 0 amide bonds. The molecular formula is C19H32N2O2. The fourth-order valence-corrected chi connectivity index (χ4v) is 3.11. The summed E-state index contributed by atoms with van der Waals surface area (Å²) in [6.45, 7) is 13.3. The maximum atomic E-state index is 10.8. The fourth-order valence-electron chi connectivity index (χ4n) is 3.11. The van der Waals surface area contributed by atoms with Crippen LogP contribution in [0.1, 0.15) is 57.3 Å². The van der Waals surface area contributed by atoms with Gasteiger partial charge in [-0.2, -0.15) is 0 Å². The molecular weight excluding hydrogens is 288 g/mol. The number of nitrogens with one attached hydrogen (secondary N) is 1. The normalized spacial score (nSPS) is 18.9. The zero-order chi connectivity index (χ0) is 16.8. The first kappa shape index (κ1) is 18.2. The third-order valence-electron chi connectivity index (χ3n) is 4.64. The van der Waals surface area contributed by atoms with Crippen LogP contribution in [-0.4, -0.2) is 48.8 Å². The number of ether oxygens (including phenoxy) is 1. The highest BCUT2D eigenvalue weighted by molar-refractivity contribution is 5.40. The summed E-state index contributed by atoms with van der Waals surface area (Å²) in [5.74, 6) is 1.33. The average Bonchev–Trinajstić information content (AvgIpc) is 2.59. The Morgan fingerprint density at radius 3 is 2.52 bits per heavy atom. The highest BCUT2D eigenvalue weighted by Gasteiger charge is 2.25. The van der Waals surface area contributed by atoms with Crippen molar-refractivity contribution in [2.24, 2.45) is 0 Å². The highest BCUT2D eigenvalue weighted by atomic mass is 16.5. The van der Waals surface area contributed by atoms with Crippen molar-refractivity contribution in [3.8, 4) is 5.75 Å². The van der Waals surface area contributed by atoms with Gasteiger partial charge in [0.2, 0.25) is 0 Å². The van der Waals surface area contributed by atoms with Crippen molar-refractivity contribution < 1.29 is 9.84 Å². The maximum absolute atomic E-state index is 10.8. The van der Waals surface area contributed by atoms with E-state index in [9.17, 15) is 5.11 Å². The number of benzene rings is 1. The van der Waals surface area contributed by atoms with Crippen LogP contribution >= 0.6 is 0 Å². The lowest BCUT2D eigenvalue weighted by Crippen LogP contribution is -2.49. The van der Waals surface area contributed by atoms with Gasteiger partial charge in [-0.1, -0.05) is 26.8 Å². The van der Waals surface area contributed by atoms with E-state index in [2.05, 4.69) is 44.0 Å². The molecule has 2 unspecified atom stereocenters. The van der Waals surface area contributed by atoms with Crippen LogP contribution in [0.15, 0.2) is 18.2 Å². The van der Waals surface area contributed by atoms with Gasteiger partial charge in [-0.05, 0) is 42.5 Å². The van der Waals surface area contributed by atoms with Gasteiger partial charge in [-0.25, -0.2) is 0 Å². The van der Waals surface area contributed by atoms with Crippen LogP contribution in [-0.2, 0) is 0 Å². The van der Waals surface area contributed by atoms with E-state index >= 15 is 0 Å². The summed E-state index contributed by atoms with van der Waals surface area (Å²) in [4.78, 5) is 2.36. The number of hydrogen-bond acceptors (Lipinski definition) is 4. The van der Waals surface area contributed by atoms with Crippen molar-refractivity contribution in [2.75, 3.05) is 32.8 Å². The van der Waals surface area contributed by atoms with Crippen molar-refractivity contribution in [1.29, 1.82) is 0 Å². The maximum Gasteiger partial charge on any atom is 0.122 e. The lowest BCUT2D eigenvalue weighted by Gasteiger charge is -2.35. The summed E-state index contributed by atoms with van der Waals surface area (Å²) in [5, 5.41) is 14.2. The molecule has 0 saturated carbocycles. The molecule has 1 aromatic rings. The van der Waals surface area contributed by atoms with Gasteiger partial charge in [0, 0.05) is 32.2 Å². The van der Waals surface area contributed by atoms with Crippen LogP contribution in [0.25, 0.3) is 0 Å². The van der Waals surface area contributed by atoms with Gasteiger partial charge in [-0.15, -0.1) is 0 Å². The standard InChI is InChI=1S/C19H32N2O2/c1-5-12-23-18-7-6-16(13-17(18)14(2)3)19(22)15(4)21-10-8-20-9-11-21/h6-7,13-15,19-20,22H,5,8-12H2,1-4H3. The molecule has 1 aliphatic rings. The molecule has 1 aromatic carbocycles. The van der Waals surface area contributed by atoms with Crippen molar-refractivity contribution in [3.05, 3.63) is 29.3 Å². The molecule has 0 aromatic heterocycles. The average molecular weight is 320 g/mol. The Balaban J connectivity index is 2.15. The molecule has 0 spiro atoms. The van der Waals surface area contributed by atoms with Gasteiger partial charge < -0.3 is 15.2 Å². The lowest BCUT2D eigenvalue weighted by atomic mass is 9.94. The third-order valence-corrected chi connectivity index (χ3v) is 4.64. The summed E-state index contributed by atoms with van der Waals surface area (Å²) >= 11 is 0. The number of nitrogens with zero attached hydrogens (tertiary/aromatic N) is 1. The molecule has 23 heavy (non-hydrogen) atoms. The highest BCUT2D eigenvalue weighted by Crippen LogP contribution is 2.31. The summed E-state index contributed by atoms with van der Waals surface area (Å²) in [6.07, 6.45) is 0.535. The second-order valence-electron chi connectivity index (χ2n) is 6.77. The smallest absolute Gasteiger partial charge is 0.122 e. The first-order valence-corrected chi connectivity index (χ1v) is 8.94. The Labute approximate surface area is 140 Å². The van der Waals surface area contributed by atoms with Gasteiger partial charge in [0.15, 0.2) is 0 Å². The van der Waals surface area contributed by atoms with E-state index in [-0.39, 0.29) is 6.04 Å². The Hall–Kier alpha value is -1.10. The molecule has 4 heteroatoms. The molecule has 4 nitrogen and oxygen atoms in total. The lowest BCUT2D eigenvalue weighted by molar-refractivity contribution is 0.0509. The van der Waals surface area contributed by atoms with Gasteiger partial charge in [-0.3, -0.25) is 4.90 Å². The topological polar surface area (TPSA) is 44.7 Å². The molecule has 1 fully saturated rings. The van der Waals surface area contributed by atoms with E-state index in [1.54, 1.807) is 0 Å². The van der Waals surface area contributed by atoms with Crippen molar-refractivity contribution in [2.45, 2.75) is 52.2 Å². The number of aliphatic hydroxyl groups is 1. The molecule has 0 bridgehead atoms. The second kappa shape index (κ2) is 8.67. The summed E-state index contributed by atoms with van der Waals surface area (Å²) < 4.78 is 5.86. The molecule has 2 N–H and O–H groups in total. The Kier molecular flexibility index (Phi) is 6.88. The van der Waals surface area contributed by atoms with E-state index in [4.69, 9.17) is 4.74 Å². The van der Waals surface area contributed by atoms with E-state index in [1.807, 2.05) is 12.1 Å². The molecule has 130 valence electrons. The van der Waals surface area contributed by atoms with Crippen LogP contribution in [0, 0.1) is 0 Å². The summed E-state index contributed by atoms with van der Waals surface area (Å²) in [6, 6.07) is 6.28. The van der Waals surface area contributed by atoms with Crippen molar-refractivity contribution in [1.82, 2.24) is 10.2 Å².